The van der Waals surface area contributed by atoms with Gasteiger partial charge in [0.2, 0.25) is 0 Å². The summed E-state index contributed by atoms with van der Waals surface area (Å²) in [4.78, 5) is 27.0. The number of amides is 1. The van der Waals surface area contributed by atoms with E-state index in [1.54, 1.807) is 12.1 Å². The molecule has 4 atom stereocenters. The van der Waals surface area contributed by atoms with Crippen molar-refractivity contribution >= 4 is 62.6 Å². The number of carbonyl (C=O) groups is 1. The molecule has 8 nitrogen and oxygen atoms in total. The van der Waals surface area contributed by atoms with Crippen LogP contribution in [0.2, 0.25) is 14.9 Å². The van der Waals surface area contributed by atoms with Crippen molar-refractivity contribution in [1.29, 1.82) is 0 Å². The summed E-state index contributed by atoms with van der Waals surface area (Å²) in [6.07, 6.45) is 3.33. The van der Waals surface area contributed by atoms with Crippen LogP contribution in [0.5, 0.6) is 0 Å². The van der Waals surface area contributed by atoms with Crippen LogP contribution in [-0.4, -0.2) is 66.9 Å². The first kappa shape index (κ1) is 29.5. The fourth-order valence-corrected chi connectivity index (χ4v) is 16.7. The maximum absolute atomic E-state index is 13.1. The van der Waals surface area contributed by atoms with E-state index in [0.717, 1.165) is 5.52 Å². The van der Waals surface area contributed by atoms with Crippen molar-refractivity contribution in [3.8, 4) is 0 Å². The van der Waals surface area contributed by atoms with Gasteiger partial charge in [0.05, 0.1) is 0 Å². The van der Waals surface area contributed by atoms with Crippen LogP contribution in [-0.2, 0) is 8.85 Å². The van der Waals surface area contributed by atoms with E-state index in [-0.39, 0.29) is 52.5 Å². The van der Waals surface area contributed by atoms with Crippen molar-refractivity contribution in [3.63, 3.8) is 0 Å². The molecule has 42 heavy (non-hydrogen) atoms. The molecule has 2 aromatic carbocycles. The second-order valence-corrected chi connectivity index (χ2v) is 21.6. The zero-order valence-corrected chi connectivity index (χ0v) is 28.3. The van der Waals surface area contributed by atoms with Gasteiger partial charge >= 0.3 is 260 Å². The van der Waals surface area contributed by atoms with Gasteiger partial charge in [0.15, 0.2) is 0 Å². The predicted molar refractivity (Wildman–Crippen MR) is 172 cm³/mol. The maximum atomic E-state index is 13.1. The van der Waals surface area contributed by atoms with E-state index in [9.17, 15) is 4.79 Å². The quantitative estimate of drug-likeness (QED) is 0.263. The first-order valence-corrected chi connectivity index (χ1v) is 18.8. The minimum absolute atomic E-state index is 0.0110. The van der Waals surface area contributed by atoms with Gasteiger partial charge in [-0.25, -0.2) is 0 Å². The molecule has 1 amide bonds. The first-order chi connectivity index (χ1) is 20.0. The SMILES string of the molecule is CC(C)(C)[Si]1(C(C)(C)C)OC[C@H]2S[C@@H](n3cnc4ncnc(NC(=O)c5ccccc5)c43)[C@H]([Se]c3ccccc3)[C@@H]2O1. The van der Waals surface area contributed by atoms with Crippen LogP contribution < -0.4 is 9.78 Å². The molecule has 2 aliphatic rings. The van der Waals surface area contributed by atoms with E-state index in [0.29, 0.717) is 23.6 Å². The number of imidazole rings is 1. The molecule has 0 bridgehead atoms. The van der Waals surface area contributed by atoms with Crippen molar-refractivity contribution in [2.24, 2.45) is 0 Å². The Balaban J connectivity index is 1.42. The summed E-state index contributed by atoms with van der Waals surface area (Å²) in [5.41, 5.74) is 1.85. The second kappa shape index (κ2) is 11.2. The Morgan fingerprint density at radius 3 is 2.31 bits per heavy atom. The van der Waals surface area contributed by atoms with E-state index >= 15 is 0 Å². The molecule has 0 saturated carbocycles. The van der Waals surface area contributed by atoms with Crippen molar-refractivity contribution in [1.82, 2.24) is 19.5 Å². The van der Waals surface area contributed by atoms with Gasteiger partial charge in [0.25, 0.3) is 0 Å². The normalized spacial score (nSPS) is 24.0. The molecule has 0 aliphatic carbocycles. The van der Waals surface area contributed by atoms with E-state index in [2.05, 4.69) is 96.7 Å². The van der Waals surface area contributed by atoms with Crippen LogP contribution >= 0.6 is 11.8 Å². The number of anilines is 1. The number of aromatic nitrogens is 4. The first-order valence-electron chi connectivity index (χ1n) is 14.2. The monoisotopic (exact) mass is 667 g/mol. The van der Waals surface area contributed by atoms with Crippen molar-refractivity contribution in [3.05, 3.63) is 78.9 Å². The molecular formula is C31H37N5O3SSeSi. The third-order valence-corrected chi connectivity index (χ3v) is 17.8. The Kier molecular flexibility index (Phi) is 7.87. The molecule has 4 heterocycles. The number of nitrogens with one attached hydrogen (secondary N) is 1. The summed E-state index contributed by atoms with van der Waals surface area (Å²) in [5.74, 6) is 0.238. The number of benzene rings is 2. The summed E-state index contributed by atoms with van der Waals surface area (Å²) < 4.78 is 17.8. The Bertz CT molecular complexity index is 1560. The Morgan fingerprint density at radius 2 is 1.64 bits per heavy atom. The van der Waals surface area contributed by atoms with Crippen LogP contribution in [0.3, 0.4) is 0 Å². The van der Waals surface area contributed by atoms with Gasteiger partial charge in [-0.1, -0.05) is 0 Å². The second-order valence-electron chi connectivity index (χ2n) is 12.8. The van der Waals surface area contributed by atoms with Crippen LogP contribution in [0.4, 0.5) is 5.82 Å². The Labute approximate surface area is 258 Å². The van der Waals surface area contributed by atoms with Crippen LogP contribution in [0.25, 0.3) is 11.2 Å². The van der Waals surface area contributed by atoms with Gasteiger partial charge in [-0.05, 0) is 0 Å². The molecule has 4 aromatic rings. The van der Waals surface area contributed by atoms with Crippen LogP contribution in [0.15, 0.2) is 73.3 Å². The fourth-order valence-electron chi connectivity index (χ4n) is 6.26. The van der Waals surface area contributed by atoms with Gasteiger partial charge in [-0.2, -0.15) is 0 Å². The molecule has 0 unspecified atom stereocenters. The number of thioether (sulfide) groups is 1. The third-order valence-electron chi connectivity index (χ3n) is 7.94. The minimum atomic E-state index is -2.68. The van der Waals surface area contributed by atoms with Gasteiger partial charge in [-0.3, -0.25) is 0 Å². The van der Waals surface area contributed by atoms with Gasteiger partial charge in [-0.15, -0.1) is 0 Å². The number of fused-ring (bicyclic) bond motifs is 2. The molecule has 0 spiro atoms. The topological polar surface area (TPSA) is 91.2 Å². The number of nitrogens with zero attached hydrogens (tertiary/aromatic N) is 4. The number of carbonyl (C=O) groups excluding carboxylic acids is 1. The molecule has 2 aromatic heterocycles. The summed E-state index contributed by atoms with van der Waals surface area (Å²) in [7, 11) is -2.68. The molecular weight excluding hydrogens is 629 g/mol. The van der Waals surface area contributed by atoms with Gasteiger partial charge in [0.1, 0.15) is 0 Å². The average molecular weight is 667 g/mol. The molecule has 2 fully saturated rings. The number of hydrogen-bond donors (Lipinski definition) is 1. The molecule has 220 valence electrons. The Hall–Kier alpha value is -2.53. The van der Waals surface area contributed by atoms with E-state index in [1.165, 1.54) is 10.8 Å². The molecule has 0 radical (unpaired) electrons. The Morgan fingerprint density at radius 1 is 0.976 bits per heavy atom. The molecule has 2 aliphatic heterocycles. The summed E-state index contributed by atoms with van der Waals surface area (Å²) in [5, 5.41) is 3.01. The van der Waals surface area contributed by atoms with E-state index in [4.69, 9.17) is 8.85 Å². The fraction of sp³-hybridized carbons (Fsp3) is 0.419. The molecule has 2 saturated heterocycles. The van der Waals surface area contributed by atoms with Crippen molar-refractivity contribution in [2.45, 2.75) is 73.2 Å². The van der Waals surface area contributed by atoms with Crippen LogP contribution in [0, 0.1) is 0 Å². The number of hydrogen-bond acceptors (Lipinski definition) is 7. The molecule has 11 heteroatoms. The van der Waals surface area contributed by atoms with Crippen molar-refractivity contribution < 1.29 is 13.6 Å². The molecule has 6 rings (SSSR count). The average Bonchev–Trinajstić information content (AvgIpc) is 3.54. The summed E-state index contributed by atoms with van der Waals surface area (Å²) in [6.45, 7) is 14.3. The predicted octanol–water partition coefficient (Wildman–Crippen LogP) is 5.97. The van der Waals surface area contributed by atoms with Crippen LogP contribution in [0.1, 0.15) is 57.3 Å². The third kappa shape index (κ3) is 5.24. The summed E-state index contributed by atoms with van der Waals surface area (Å²) >= 11 is 1.99. The summed E-state index contributed by atoms with van der Waals surface area (Å²) in [6, 6.07) is 19.9. The van der Waals surface area contributed by atoms with E-state index in [1.807, 2.05) is 36.3 Å². The standard InChI is InChI=1S/C31H37N5O3SSeSi/c1-30(2,3)42(31(4,5)6)38-17-22-24(39-42)25(41-21-15-11-8-12-16-21)29(40-22)36-19-34-26-23(36)27(33-18-32-26)35-28(37)20-13-9-7-10-14-20/h7-16,18-19,22,24-25,29H,17H2,1-6H3,(H,32,33,35,37)/t22-,24-,25-,29-/m1/s1. The number of rotatable bonds is 5. The van der Waals surface area contributed by atoms with Gasteiger partial charge in [0, 0.05) is 0 Å². The molecule has 1 N–H and O–H groups in total. The zero-order valence-electron chi connectivity index (χ0n) is 24.8. The van der Waals surface area contributed by atoms with Crippen molar-refractivity contribution in [2.75, 3.05) is 11.9 Å². The van der Waals surface area contributed by atoms with E-state index < -0.39 is 8.56 Å². The zero-order chi connectivity index (χ0) is 29.7. The van der Waals surface area contributed by atoms with Gasteiger partial charge < -0.3 is 0 Å².